The second-order valence-electron chi connectivity index (χ2n) is 5.08. The first kappa shape index (κ1) is 13.8. The third-order valence-electron chi connectivity index (χ3n) is 3.91. The highest BCUT2D eigenvalue weighted by molar-refractivity contribution is 5.85. The van der Waals surface area contributed by atoms with E-state index in [1.54, 1.807) is 0 Å². The number of likely N-dealkylation sites (tertiary alicyclic amines) is 1. The van der Waals surface area contributed by atoms with E-state index in [1.807, 2.05) is 4.90 Å². The minimum Gasteiger partial charge on any atom is -0.342 e. The van der Waals surface area contributed by atoms with E-state index in [9.17, 15) is 4.79 Å². The molecule has 1 heterocycles. The minimum atomic E-state index is 0. The van der Waals surface area contributed by atoms with E-state index in [0.717, 1.165) is 32.5 Å². The van der Waals surface area contributed by atoms with E-state index in [4.69, 9.17) is 5.73 Å². The fourth-order valence-electron chi connectivity index (χ4n) is 2.84. The molecule has 0 aromatic rings. The van der Waals surface area contributed by atoms with Crippen molar-refractivity contribution in [3.05, 3.63) is 0 Å². The number of carbonyl (C=O) groups excluding carboxylic acids is 1. The lowest BCUT2D eigenvalue weighted by molar-refractivity contribution is -0.131. The minimum absolute atomic E-state index is 0. The van der Waals surface area contributed by atoms with Gasteiger partial charge in [0.1, 0.15) is 0 Å². The van der Waals surface area contributed by atoms with Gasteiger partial charge >= 0.3 is 0 Å². The number of rotatable bonds is 3. The van der Waals surface area contributed by atoms with Crippen molar-refractivity contribution in [2.45, 2.75) is 38.5 Å². The molecular weight excluding hydrogens is 224 g/mol. The molecule has 3 nitrogen and oxygen atoms in total. The maximum absolute atomic E-state index is 11.9. The summed E-state index contributed by atoms with van der Waals surface area (Å²) in [6.07, 6.45) is 7.07. The van der Waals surface area contributed by atoms with Crippen LogP contribution in [0.4, 0.5) is 0 Å². The van der Waals surface area contributed by atoms with E-state index in [1.165, 1.54) is 25.7 Å². The molecule has 2 rings (SSSR count). The number of nitrogens with zero attached hydrogens (tertiary/aromatic N) is 1. The summed E-state index contributed by atoms with van der Waals surface area (Å²) in [4.78, 5) is 14.0. The normalized spacial score (nSPS) is 25.8. The summed E-state index contributed by atoms with van der Waals surface area (Å²) in [6, 6.07) is 0. The molecule has 1 aliphatic carbocycles. The van der Waals surface area contributed by atoms with E-state index < -0.39 is 0 Å². The Labute approximate surface area is 104 Å². The molecule has 4 heteroatoms. The molecule has 0 aromatic heterocycles. The highest BCUT2D eigenvalue weighted by Crippen LogP contribution is 2.28. The van der Waals surface area contributed by atoms with Gasteiger partial charge in [0.2, 0.25) is 5.91 Å². The molecular formula is C12H23ClN2O. The van der Waals surface area contributed by atoms with Crippen LogP contribution in [0.15, 0.2) is 0 Å². The molecule has 1 aliphatic heterocycles. The molecule has 1 unspecified atom stereocenters. The number of carbonyl (C=O) groups is 1. The smallest absolute Gasteiger partial charge is 0.222 e. The molecule has 94 valence electrons. The lowest BCUT2D eigenvalue weighted by Gasteiger charge is -2.18. The molecule has 1 saturated carbocycles. The van der Waals surface area contributed by atoms with Crippen molar-refractivity contribution in [1.82, 2.24) is 4.90 Å². The number of nitrogens with two attached hydrogens (primary N) is 1. The first-order valence-electron chi connectivity index (χ1n) is 6.27. The van der Waals surface area contributed by atoms with Gasteiger partial charge in [-0.15, -0.1) is 12.4 Å². The second-order valence-corrected chi connectivity index (χ2v) is 5.08. The standard InChI is InChI=1S/C12H22N2O.ClH/c13-8-11-5-6-14(9-11)12(15)7-10-3-1-2-4-10;/h10-11H,1-9,13H2;1H. The van der Waals surface area contributed by atoms with Crippen LogP contribution >= 0.6 is 12.4 Å². The Morgan fingerprint density at radius 3 is 2.44 bits per heavy atom. The molecule has 0 bridgehead atoms. The zero-order chi connectivity index (χ0) is 10.7. The predicted octanol–water partition coefficient (Wildman–Crippen LogP) is 1.80. The van der Waals surface area contributed by atoms with Crippen molar-refractivity contribution in [2.24, 2.45) is 17.6 Å². The number of hydrogen-bond acceptors (Lipinski definition) is 2. The number of halogens is 1. The summed E-state index contributed by atoms with van der Waals surface area (Å²) in [6.45, 7) is 2.57. The van der Waals surface area contributed by atoms with Gasteiger partial charge < -0.3 is 10.6 Å². The predicted molar refractivity (Wildman–Crippen MR) is 67.6 cm³/mol. The topological polar surface area (TPSA) is 46.3 Å². The number of amides is 1. The van der Waals surface area contributed by atoms with Crippen molar-refractivity contribution in [3.63, 3.8) is 0 Å². The van der Waals surface area contributed by atoms with Gasteiger partial charge in [0.25, 0.3) is 0 Å². The average Bonchev–Trinajstić information content (AvgIpc) is 2.86. The first-order chi connectivity index (χ1) is 7.29. The molecule has 2 fully saturated rings. The van der Waals surface area contributed by atoms with Gasteiger partial charge in [0.05, 0.1) is 0 Å². The monoisotopic (exact) mass is 246 g/mol. The second kappa shape index (κ2) is 6.45. The summed E-state index contributed by atoms with van der Waals surface area (Å²) < 4.78 is 0. The van der Waals surface area contributed by atoms with Crippen molar-refractivity contribution < 1.29 is 4.79 Å². The van der Waals surface area contributed by atoms with Gasteiger partial charge in [-0.05, 0) is 37.6 Å². The average molecular weight is 247 g/mol. The molecule has 0 aromatic carbocycles. The van der Waals surface area contributed by atoms with Crippen LogP contribution in [0.25, 0.3) is 0 Å². The summed E-state index contributed by atoms with van der Waals surface area (Å²) >= 11 is 0. The summed E-state index contributed by atoms with van der Waals surface area (Å²) in [5.74, 6) is 1.60. The molecule has 0 spiro atoms. The molecule has 2 N–H and O–H groups in total. The van der Waals surface area contributed by atoms with Gasteiger partial charge in [0.15, 0.2) is 0 Å². The Bertz CT molecular complexity index is 229. The maximum Gasteiger partial charge on any atom is 0.222 e. The van der Waals surface area contributed by atoms with E-state index in [-0.39, 0.29) is 12.4 Å². The lowest BCUT2D eigenvalue weighted by atomic mass is 10.0. The summed E-state index contributed by atoms with van der Waals surface area (Å²) in [7, 11) is 0. The Hall–Kier alpha value is -0.280. The molecule has 16 heavy (non-hydrogen) atoms. The molecule has 2 aliphatic rings. The van der Waals surface area contributed by atoms with Crippen LogP contribution < -0.4 is 5.73 Å². The van der Waals surface area contributed by atoms with E-state index >= 15 is 0 Å². The van der Waals surface area contributed by atoms with Gasteiger partial charge in [-0.25, -0.2) is 0 Å². The summed E-state index contributed by atoms with van der Waals surface area (Å²) in [5.41, 5.74) is 5.62. The van der Waals surface area contributed by atoms with Crippen LogP contribution in [0, 0.1) is 11.8 Å². The van der Waals surface area contributed by atoms with Crippen molar-refractivity contribution in [2.75, 3.05) is 19.6 Å². The summed E-state index contributed by atoms with van der Waals surface area (Å²) in [5, 5.41) is 0. The molecule has 1 amide bonds. The molecule has 0 radical (unpaired) electrons. The third-order valence-corrected chi connectivity index (χ3v) is 3.91. The zero-order valence-corrected chi connectivity index (χ0v) is 10.7. The fourth-order valence-corrected chi connectivity index (χ4v) is 2.84. The quantitative estimate of drug-likeness (QED) is 0.826. The van der Waals surface area contributed by atoms with Crippen LogP contribution in [0.2, 0.25) is 0 Å². The fraction of sp³-hybridized carbons (Fsp3) is 0.917. The zero-order valence-electron chi connectivity index (χ0n) is 9.86. The van der Waals surface area contributed by atoms with Crippen LogP contribution in [0.1, 0.15) is 38.5 Å². The Kier molecular flexibility index (Phi) is 5.56. The Balaban J connectivity index is 0.00000128. The molecule has 1 atom stereocenters. The van der Waals surface area contributed by atoms with Crippen molar-refractivity contribution >= 4 is 18.3 Å². The van der Waals surface area contributed by atoms with Crippen molar-refractivity contribution in [1.29, 1.82) is 0 Å². The molecule has 1 saturated heterocycles. The highest BCUT2D eigenvalue weighted by atomic mass is 35.5. The van der Waals surface area contributed by atoms with Crippen LogP contribution in [-0.4, -0.2) is 30.4 Å². The third kappa shape index (κ3) is 3.36. The number of hydrogen-bond donors (Lipinski definition) is 1. The Morgan fingerprint density at radius 2 is 1.88 bits per heavy atom. The van der Waals surface area contributed by atoms with Gasteiger partial charge in [-0.2, -0.15) is 0 Å². The Morgan fingerprint density at radius 1 is 1.19 bits per heavy atom. The largest absolute Gasteiger partial charge is 0.342 e. The van der Waals surface area contributed by atoms with Crippen LogP contribution in [0.5, 0.6) is 0 Å². The van der Waals surface area contributed by atoms with Gasteiger partial charge in [0, 0.05) is 19.5 Å². The van der Waals surface area contributed by atoms with E-state index in [2.05, 4.69) is 0 Å². The van der Waals surface area contributed by atoms with Crippen LogP contribution in [-0.2, 0) is 4.79 Å². The lowest BCUT2D eigenvalue weighted by Crippen LogP contribution is -2.30. The van der Waals surface area contributed by atoms with Crippen LogP contribution in [0.3, 0.4) is 0 Å². The first-order valence-corrected chi connectivity index (χ1v) is 6.27. The SMILES string of the molecule is Cl.NCC1CCN(C(=O)CC2CCCC2)C1. The van der Waals surface area contributed by atoms with Crippen molar-refractivity contribution in [3.8, 4) is 0 Å². The van der Waals surface area contributed by atoms with Gasteiger partial charge in [-0.1, -0.05) is 12.8 Å². The van der Waals surface area contributed by atoms with Gasteiger partial charge in [-0.3, -0.25) is 4.79 Å². The van der Waals surface area contributed by atoms with E-state index in [0.29, 0.717) is 17.7 Å². The highest BCUT2D eigenvalue weighted by Gasteiger charge is 2.27. The maximum atomic E-state index is 11.9.